The molecule has 0 amide bonds. The van der Waals surface area contributed by atoms with Crippen molar-refractivity contribution in [3.05, 3.63) is 0 Å². The summed E-state index contributed by atoms with van der Waals surface area (Å²) >= 11 is 21.7. The molecule has 2 fully saturated rings. The molecule has 0 radical (unpaired) electrons. The van der Waals surface area contributed by atoms with Crippen molar-refractivity contribution >= 4 is 95.8 Å². The third-order valence-corrected chi connectivity index (χ3v) is 14.4. The first-order valence-corrected chi connectivity index (χ1v) is 15.3. The maximum atomic E-state index is 4.41. The van der Waals surface area contributed by atoms with E-state index in [9.17, 15) is 0 Å². The van der Waals surface area contributed by atoms with Crippen molar-refractivity contribution in [1.29, 1.82) is 0 Å². The zero-order valence-electron chi connectivity index (χ0n) is 12.7. The molecule has 2 heterocycles. The number of hydrogen-bond acceptors (Lipinski definition) is 8. The second kappa shape index (κ2) is 13.0. The molecule has 0 saturated carbocycles. The van der Waals surface area contributed by atoms with Crippen molar-refractivity contribution in [3.8, 4) is 0 Å². The van der Waals surface area contributed by atoms with Crippen molar-refractivity contribution < 1.29 is 0 Å². The number of hydrogen-bond donors (Lipinski definition) is 2. The standard InChI is InChI=1S/C14H26S8/c15-5-11-7-19-13(21-11)9-17-3-1-2-4-18-10-14-20-8-12(6-16)22-14/h11-16H,1-10H2. The van der Waals surface area contributed by atoms with E-state index in [0.717, 1.165) is 31.2 Å². The molecule has 4 atom stereocenters. The van der Waals surface area contributed by atoms with Crippen molar-refractivity contribution in [2.45, 2.75) is 32.5 Å². The van der Waals surface area contributed by atoms with Gasteiger partial charge < -0.3 is 0 Å². The summed E-state index contributed by atoms with van der Waals surface area (Å²) in [6.07, 6.45) is 2.78. The van der Waals surface area contributed by atoms with Crippen LogP contribution < -0.4 is 0 Å². The van der Waals surface area contributed by atoms with Crippen LogP contribution in [0.4, 0.5) is 0 Å². The van der Waals surface area contributed by atoms with Gasteiger partial charge >= 0.3 is 0 Å². The average molecular weight is 451 g/mol. The lowest BCUT2D eigenvalue weighted by atomic mass is 10.4. The van der Waals surface area contributed by atoms with Crippen molar-refractivity contribution in [2.24, 2.45) is 0 Å². The highest BCUT2D eigenvalue weighted by atomic mass is 32.2. The molecule has 0 aromatic rings. The van der Waals surface area contributed by atoms with E-state index in [4.69, 9.17) is 0 Å². The molecule has 2 saturated heterocycles. The van der Waals surface area contributed by atoms with Gasteiger partial charge in [-0.05, 0) is 24.3 Å². The number of thiol groups is 2. The highest BCUT2D eigenvalue weighted by Crippen LogP contribution is 2.41. The molecule has 0 N–H and O–H groups in total. The van der Waals surface area contributed by atoms with Gasteiger partial charge in [-0.25, -0.2) is 0 Å². The number of unbranched alkanes of at least 4 members (excludes halogenated alkanes) is 1. The molecular formula is C14H26S8. The topological polar surface area (TPSA) is 0 Å². The van der Waals surface area contributed by atoms with Gasteiger partial charge in [0.1, 0.15) is 0 Å². The van der Waals surface area contributed by atoms with Gasteiger partial charge in [-0.1, -0.05) is 0 Å². The van der Waals surface area contributed by atoms with Gasteiger partial charge in [0, 0.05) is 45.0 Å². The Hall–Kier alpha value is 2.80. The molecule has 8 heteroatoms. The summed E-state index contributed by atoms with van der Waals surface area (Å²) in [5.41, 5.74) is 0. The van der Waals surface area contributed by atoms with Crippen LogP contribution in [0.3, 0.4) is 0 Å². The van der Waals surface area contributed by atoms with E-state index in [1.165, 1.54) is 47.4 Å². The molecular weight excluding hydrogens is 425 g/mol. The number of thioether (sulfide) groups is 6. The van der Waals surface area contributed by atoms with Gasteiger partial charge in [0.25, 0.3) is 0 Å². The molecule has 0 spiro atoms. The monoisotopic (exact) mass is 450 g/mol. The predicted molar refractivity (Wildman–Crippen MR) is 127 cm³/mol. The normalized spacial score (nSPS) is 31.9. The maximum Gasteiger partial charge on any atom is 0.0596 e. The summed E-state index contributed by atoms with van der Waals surface area (Å²) in [5, 5.41) is 1.59. The third-order valence-electron chi connectivity index (χ3n) is 3.37. The van der Waals surface area contributed by atoms with Gasteiger partial charge in [0.15, 0.2) is 0 Å². The fourth-order valence-electron chi connectivity index (χ4n) is 2.15. The van der Waals surface area contributed by atoms with Gasteiger partial charge in [-0.15, -0.1) is 47.0 Å². The molecule has 2 rings (SSSR count). The first-order valence-electron chi connectivity index (χ1n) is 7.73. The molecule has 0 aromatic carbocycles. The van der Waals surface area contributed by atoms with Crippen molar-refractivity contribution in [3.63, 3.8) is 0 Å². The zero-order chi connectivity index (χ0) is 15.6. The Morgan fingerprint density at radius 2 is 1.23 bits per heavy atom. The summed E-state index contributed by atoms with van der Waals surface area (Å²) in [6, 6.07) is 0. The van der Waals surface area contributed by atoms with Gasteiger partial charge in [0.2, 0.25) is 0 Å². The molecule has 0 aromatic heterocycles. The quantitative estimate of drug-likeness (QED) is 0.315. The minimum absolute atomic E-state index is 0.795. The Morgan fingerprint density at radius 1 is 0.773 bits per heavy atom. The molecule has 2 aliphatic rings. The summed E-state index contributed by atoms with van der Waals surface area (Å²) < 4.78 is 1.65. The van der Waals surface area contributed by atoms with Crippen LogP contribution in [0.25, 0.3) is 0 Å². The summed E-state index contributed by atoms with van der Waals surface area (Å²) in [5.74, 6) is 10.0. The lowest BCUT2D eigenvalue weighted by Crippen LogP contribution is -2.03. The third kappa shape index (κ3) is 8.45. The first kappa shape index (κ1) is 21.1. The highest BCUT2D eigenvalue weighted by molar-refractivity contribution is 8.22. The van der Waals surface area contributed by atoms with Gasteiger partial charge in [-0.3, -0.25) is 0 Å². The van der Waals surface area contributed by atoms with Crippen LogP contribution in [0.1, 0.15) is 12.8 Å². The Morgan fingerprint density at radius 3 is 1.59 bits per heavy atom. The lowest BCUT2D eigenvalue weighted by molar-refractivity contribution is 0.907. The Balaban J connectivity index is 1.35. The van der Waals surface area contributed by atoms with Crippen LogP contribution in [0.15, 0.2) is 0 Å². The fourth-order valence-corrected chi connectivity index (χ4v) is 12.6. The number of rotatable bonds is 11. The molecule has 2 aliphatic heterocycles. The van der Waals surface area contributed by atoms with E-state index < -0.39 is 0 Å². The fraction of sp³-hybridized carbons (Fsp3) is 1.00. The minimum Gasteiger partial charge on any atom is -0.178 e. The van der Waals surface area contributed by atoms with Crippen LogP contribution in [-0.2, 0) is 0 Å². The summed E-state index contributed by atoms with van der Waals surface area (Å²) in [7, 11) is 0. The molecule has 0 bridgehead atoms. The van der Waals surface area contributed by atoms with E-state index in [0.29, 0.717) is 0 Å². The molecule has 4 unspecified atom stereocenters. The smallest absolute Gasteiger partial charge is 0.0596 e. The van der Waals surface area contributed by atoms with Crippen molar-refractivity contribution in [2.75, 3.05) is 46.0 Å². The first-order chi connectivity index (χ1) is 10.8. The van der Waals surface area contributed by atoms with E-state index in [2.05, 4.69) is 95.8 Å². The molecule has 0 aliphatic carbocycles. The molecule has 130 valence electrons. The van der Waals surface area contributed by atoms with Crippen LogP contribution in [0, 0.1) is 0 Å². The van der Waals surface area contributed by atoms with E-state index >= 15 is 0 Å². The van der Waals surface area contributed by atoms with Crippen LogP contribution in [0.5, 0.6) is 0 Å². The maximum absolute atomic E-state index is 4.41. The molecule has 0 nitrogen and oxygen atoms in total. The highest BCUT2D eigenvalue weighted by Gasteiger charge is 2.25. The largest absolute Gasteiger partial charge is 0.178 e. The van der Waals surface area contributed by atoms with Gasteiger partial charge in [0.05, 0.1) is 9.16 Å². The van der Waals surface area contributed by atoms with Crippen LogP contribution >= 0.6 is 95.8 Å². The Labute approximate surface area is 173 Å². The van der Waals surface area contributed by atoms with Gasteiger partial charge in [-0.2, -0.15) is 48.8 Å². The van der Waals surface area contributed by atoms with E-state index in [1.807, 2.05) is 0 Å². The minimum atomic E-state index is 0.795. The SMILES string of the molecule is SCC1CSC(CSCCCCSCC2SCC(CS)S2)S1. The van der Waals surface area contributed by atoms with E-state index in [-0.39, 0.29) is 0 Å². The second-order valence-corrected chi connectivity index (χ2v) is 14.4. The second-order valence-electron chi connectivity index (χ2n) is 5.26. The predicted octanol–water partition coefficient (Wildman–Crippen LogP) is 5.44. The average Bonchev–Trinajstić information content (AvgIpc) is 3.18. The van der Waals surface area contributed by atoms with E-state index in [1.54, 1.807) is 0 Å². The Bertz CT molecular complexity index is 262. The summed E-state index contributed by atoms with van der Waals surface area (Å²) in [4.78, 5) is 0. The molecule has 22 heavy (non-hydrogen) atoms. The Kier molecular flexibility index (Phi) is 12.5. The zero-order valence-corrected chi connectivity index (χ0v) is 19.4. The lowest BCUT2D eigenvalue weighted by Gasteiger charge is -2.09. The van der Waals surface area contributed by atoms with Crippen LogP contribution in [-0.4, -0.2) is 65.7 Å². The summed E-state index contributed by atoms with van der Waals surface area (Å²) in [6.45, 7) is 0. The van der Waals surface area contributed by atoms with Crippen molar-refractivity contribution in [1.82, 2.24) is 0 Å². The van der Waals surface area contributed by atoms with Crippen LogP contribution in [0.2, 0.25) is 0 Å².